The minimum atomic E-state index is -1.05. The van der Waals surface area contributed by atoms with Crippen molar-refractivity contribution < 1.29 is 14.7 Å². The summed E-state index contributed by atoms with van der Waals surface area (Å²) in [5.41, 5.74) is 2.28. The van der Waals surface area contributed by atoms with E-state index in [1.807, 2.05) is 26.0 Å². The van der Waals surface area contributed by atoms with Crippen LogP contribution in [0, 0.1) is 11.3 Å². The minimum Gasteiger partial charge on any atom is -0.481 e. The van der Waals surface area contributed by atoms with Crippen LogP contribution in [0.15, 0.2) is 46.6 Å². The smallest absolute Gasteiger partial charge is 0.303 e. The summed E-state index contributed by atoms with van der Waals surface area (Å²) >= 11 is 5.98. The van der Waals surface area contributed by atoms with Crippen molar-refractivity contribution in [1.82, 2.24) is 0 Å². The van der Waals surface area contributed by atoms with E-state index in [0.29, 0.717) is 27.6 Å². The Hall–Kier alpha value is -3.44. The van der Waals surface area contributed by atoms with Crippen LogP contribution in [0.1, 0.15) is 32.3 Å². The molecule has 156 valence electrons. The molecule has 0 radical (unpaired) electrons. The number of halogens is 1. The molecule has 0 aliphatic rings. The lowest BCUT2D eigenvalue weighted by molar-refractivity contribution is -0.138. The molecule has 0 aliphatic carbocycles. The summed E-state index contributed by atoms with van der Waals surface area (Å²) < 4.78 is 0. The van der Waals surface area contributed by atoms with Crippen molar-refractivity contribution in [2.24, 2.45) is 10.2 Å². The zero-order valence-electron chi connectivity index (χ0n) is 16.7. The normalized spacial score (nSPS) is 10.6. The number of nitrogens with zero attached hydrogens (tertiary/aromatic N) is 4. The maximum Gasteiger partial charge on any atom is 0.303 e. The van der Waals surface area contributed by atoms with Crippen LogP contribution < -0.4 is 10.2 Å². The van der Waals surface area contributed by atoms with Gasteiger partial charge in [0.1, 0.15) is 17.4 Å². The van der Waals surface area contributed by atoms with E-state index in [2.05, 4.69) is 20.4 Å². The zero-order chi connectivity index (χ0) is 22.1. The number of carbonyl (C=O) groups excluding carboxylic acids is 1. The third kappa shape index (κ3) is 6.29. The summed E-state index contributed by atoms with van der Waals surface area (Å²) in [6.07, 6.45) is -0.430. The molecule has 0 aromatic heterocycles. The second-order valence-corrected chi connectivity index (χ2v) is 6.73. The van der Waals surface area contributed by atoms with Gasteiger partial charge in [0.15, 0.2) is 0 Å². The predicted molar refractivity (Wildman–Crippen MR) is 116 cm³/mol. The molecule has 8 nitrogen and oxygen atoms in total. The number of benzene rings is 2. The molecule has 1 amide bonds. The van der Waals surface area contributed by atoms with Crippen LogP contribution in [0.4, 0.5) is 22.7 Å². The lowest BCUT2D eigenvalue weighted by Gasteiger charge is -2.22. The third-order valence-electron chi connectivity index (χ3n) is 4.29. The molecule has 0 saturated heterocycles. The molecule has 2 N–H and O–H groups in total. The number of carboxylic acid groups (broad SMARTS) is 1. The number of hydrogen-bond acceptors (Lipinski definition) is 6. The van der Waals surface area contributed by atoms with Gasteiger partial charge in [-0.2, -0.15) is 5.26 Å². The van der Waals surface area contributed by atoms with E-state index in [1.165, 1.54) is 6.07 Å². The summed E-state index contributed by atoms with van der Waals surface area (Å²) in [4.78, 5) is 25.0. The average molecular weight is 428 g/mol. The van der Waals surface area contributed by atoms with Crippen molar-refractivity contribution >= 4 is 46.2 Å². The van der Waals surface area contributed by atoms with E-state index in [9.17, 15) is 14.9 Å². The number of aliphatic carboxylic acids is 1. The summed E-state index contributed by atoms with van der Waals surface area (Å²) in [5.74, 6) is -1.49. The highest BCUT2D eigenvalue weighted by Crippen LogP contribution is 2.33. The maximum absolute atomic E-state index is 12.2. The fraction of sp³-hybridized carbons (Fsp3) is 0.286. The van der Waals surface area contributed by atoms with E-state index in [4.69, 9.17) is 16.7 Å². The number of carbonyl (C=O) groups is 2. The summed E-state index contributed by atoms with van der Waals surface area (Å²) in [5, 5.41) is 29.5. The monoisotopic (exact) mass is 427 g/mol. The van der Waals surface area contributed by atoms with Gasteiger partial charge in [-0.15, -0.1) is 10.2 Å². The largest absolute Gasteiger partial charge is 0.481 e. The highest BCUT2D eigenvalue weighted by atomic mass is 35.5. The van der Waals surface area contributed by atoms with Crippen molar-refractivity contribution in [2.75, 3.05) is 23.3 Å². The Morgan fingerprint density at radius 3 is 2.43 bits per heavy atom. The second-order valence-electron chi connectivity index (χ2n) is 6.29. The van der Waals surface area contributed by atoms with Crippen LogP contribution in [0.25, 0.3) is 0 Å². The van der Waals surface area contributed by atoms with Gasteiger partial charge in [-0.05, 0) is 50.2 Å². The fourth-order valence-corrected chi connectivity index (χ4v) is 2.89. The lowest BCUT2D eigenvalue weighted by Crippen LogP contribution is -2.22. The molecular weight excluding hydrogens is 406 g/mol. The zero-order valence-corrected chi connectivity index (χ0v) is 17.5. The SMILES string of the molecule is CCN(CC)c1ccc(N=Nc2cc(Cl)ccc2C#N)c(NC(=O)CCC(=O)O)c1. The van der Waals surface area contributed by atoms with Crippen molar-refractivity contribution in [2.45, 2.75) is 26.7 Å². The van der Waals surface area contributed by atoms with Gasteiger partial charge in [0.05, 0.1) is 17.7 Å². The van der Waals surface area contributed by atoms with Crippen LogP contribution in [0.2, 0.25) is 5.02 Å². The Bertz CT molecular complexity index is 997. The molecule has 2 rings (SSSR count). The highest BCUT2D eigenvalue weighted by Gasteiger charge is 2.12. The van der Waals surface area contributed by atoms with Gasteiger partial charge in [0, 0.05) is 30.2 Å². The fourth-order valence-electron chi connectivity index (χ4n) is 2.72. The first-order valence-electron chi connectivity index (χ1n) is 9.40. The van der Waals surface area contributed by atoms with Gasteiger partial charge in [-0.3, -0.25) is 9.59 Å². The number of carboxylic acids is 1. The Balaban J connectivity index is 2.40. The molecule has 0 bridgehead atoms. The van der Waals surface area contributed by atoms with E-state index in [1.54, 1.807) is 24.3 Å². The first-order valence-corrected chi connectivity index (χ1v) is 9.77. The Morgan fingerprint density at radius 2 is 1.80 bits per heavy atom. The van der Waals surface area contributed by atoms with Crippen LogP contribution in [0.5, 0.6) is 0 Å². The molecular formula is C21H22ClN5O3. The van der Waals surface area contributed by atoms with Gasteiger partial charge in [-0.25, -0.2) is 0 Å². The van der Waals surface area contributed by atoms with Crippen LogP contribution in [-0.2, 0) is 9.59 Å². The molecule has 2 aromatic carbocycles. The molecule has 0 saturated carbocycles. The Morgan fingerprint density at radius 1 is 1.10 bits per heavy atom. The topological polar surface area (TPSA) is 118 Å². The van der Waals surface area contributed by atoms with Crippen molar-refractivity contribution in [1.29, 1.82) is 5.26 Å². The molecule has 30 heavy (non-hydrogen) atoms. The second kappa shape index (κ2) is 10.9. The standard InChI is InChI=1S/C21H22ClN5O3/c1-3-27(4-2)16-7-8-17(19(12-16)24-20(28)9-10-21(29)30)25-26-18-11-15(22)6-5-14(18)13-23/h5-8,11-12H,3-4,9-10H2,1-2H3,(H,24,28)(H,29,30). The molecule has 0 unspecified atom stereocenters. The van der Waals surface area contributed by atoms with E-state index >= 15 is 0 Å². The van der Waals surface area contributed by atoms with Crippen molar-refractivity contribution in [3.05, 3.63) is 47.0 Å². The first-order chi connectivity index (χ1) is 14.4. The number of hydrogen-bond donors (Lipinski definition) is 2. The number of nitriles is 1. The van der Waals surface area contributed by atoms with E-state index < -0.39 is 11.9 Å². The highest BCUT2D eigenvalue weighted by molar-refractivity contribution is 6.30. The number of anilines is 2. The van der Waals surface area contributed by atoms with E-state index in [-0.39, 0.29) is 12.8 Å². The van der Waals surface area contributed by atoms with Crippen LogP contribution in [-0.4, -0.2) is 30.1 Å². The third-order valence-corrected chi connectivity index (χ3v) is 4.53. The number of amides is 1. The van der Waals surface area contributed by atoms with Gasteiger partial charge >= 0.3 is 5.97 Å². The first kappa shape index (κ1) is 22.8. The molecule has 0 aliphatic heterocycles. The quantitative estimate of drug-likeness (QED) is 0.528. The van der Waals surface area contributed by atoms with E-state index in [0.717, 1.165) is 18.8 Å². The summed E-state index contributed by atoms with van der Waals surface area (Å²) in [7, 11) is 0. The Labute approximate surface area is 179 Å². The summed E-state index contributed by atoms with van der Waals surface area (Å²) in [6, 6.07) is 12.0. The lowest BCUT2D eigenvalue weighted by atomic mass is 10.2. The molecule has 0 spiro atoms. The average Bonchev–Trinajstić information content (AvgIpc) is 2.72. The number of azo groups is 1. The molecule has 0 fully saturated rings. The van der Waals surface area contributed by atoms with Gasteiger partial charge < -0.3 is 15.3 Å². The molecule has 2 aromatic rings. The van der Waals surface area contributed by atoms with Crippen LogP contribution in [0.3, 0.4) is 0 Å². The number of rotatable bonds is 9. The molecule has 9 heteroatoms. The molecule has 0 atom stereocenters. The summed E-state index contributed by atoms with van der Waals surface area (Å²) in [6.45, 7) is 5.59. The number of nitrogens with one attached hydrogen (secondary N) is 1. The van der Waals surface area contributed by atoms with Crippen molar-refractivity contribution in [3.8, 4) is 6.07 Å². The van der Waals surface area contributed by atoms with Crippen LogP contribution >= 0.6 is 11.6 Å². The minimum absolute atomic E-state index is 0.158. The van der Waals surface area contributed by atoms with Gasteiger partial charge in [-0.1, -0.05) is 11.6 Å². The van der Waals surface area contributed by atoms with Gasteiger partial charge in [0.2, 0.25) is 5.91 Å². The van der Waals surface area contributed by atoms with Crippen molar-refractivity contribution in [3.63, 3.8) is 0 Å². The maximum atomic E-state index is 12.2. The molecule has 0 heterocycles. The predicted octanol–water partition coefficient (Wildman–Crippen LogP) is 5.28. The van der Waals surface area contributed by atoms with Gasteiger partial charge in [0.25, 0.3) is 0 Å². The Kier molecular flexibility index (Phi) is 8.32.